The summed E-state index contributed by atoms with van der Waals surface area (Å²) in [7, 11) is 0. The van der Waals surface area contributed by atoms with Crippen molar-refractivity contribution in [3.05, 3.63) is 35.9 Å². The summed E-state index contributed by atoms with van der Waals surface area (Å²) in [6.45, 7) is 9.28. The normalized spacial score (nSPS) is 30.0. The van der Waals surface area contributed by atoms with Gasteiger partial charge in [0.1, 0.15) is 16.1 Å². The number of fused-ring (bicyclic) bond motifs is 2. The van der Waals surface area contributed by atoms with Crippen LogP contribution in [0.4, 0.5) is 0 Å². The van der Waals surface area contributed by atoms with Crippen molar-refractivity contribution >= 4 is 17.6 Å². The molecule has 0 amide bonds. The van der Waals surface area contributed by atoms with E-state index in [0.29, 0.717) is 17.8 Å². The van der Waals surface area contributed by atoms with Crippen LogP contribution in [-0.2, 0) is 17.9 Å². The van der Waals surface area contributed by atoms with Gasteiger partial charge in [-0.1, -0.05) is 34.7 Å². The average Bonchev–Trinajstić information content (AvgIpc) is 2.74. The summed E-state index contributed by atoms with van der Waals surface area (Å²) in [6, 6.07) is 10.7. The molecule has 3 nitrogen and oxygen atoms in total. The molecule has 0 aromatic heterocycles. The van der Waals surface area contributed by atoms with Gasteiger partial charge in [-0.3, -0.25) is 4.90 Å². The summed E-state index contributed by atoms with van der Waals surface area (Å²) >= 11 is -1.13. The molecule has 2 unspecified atom stereocenters. The summed E-state index contributed by atoms with van der Waals surface area (Å²) in [6.07, 6.45) is 4.60. The minimum atomic E-state index is -1.13. The van der Waals surface area contributed by atoms with Crippen molar-refractivity contribution in [2.75, 3.05) is 13.1 Å². The van der Waals surface area contributed by atoms with Crippen LogP contribution in [0, 0.1) is 17.8 Å². The maximum atomic E-state index is 12.1. The van der Waals surface area contributed by atoms with Crippen LogP contribution in [-0.4, -0.2) is 33.5 Å². The Labute approximate surface area is 143 Å². The maximum Gasteiger partial charge on any atom is 0.144 e. The van der Waals surface area contributed by atoms with Crippen molar-refractivity contribution in [1.29, 1.82) is 0 Å². The van der Waals surface area contributed by atoms with Gasteiger partial charge in [0.2, 0.25) is 0 Å². The summed E-state index contributed by atoms with van der Waals surface area (Å²) in [5, 5.41) is 0. The van der Waals surface area contributed by atoms with Gasteiger partial charge in [-0.25, -0.2) is 0 Å². The predicted molar refractivity (Wildman–Crippen MR) is 97.8 cm³/mol. The van der Waals surface area contributed by atoms with E-state index in [1.165, 1.54) is 18.4 Å². The standard InChI is InChI=1S/C19H28N2OS/c1-19(2,3)23(22)20-11-18-16-9-10-17(18)14-21(13-16)12-15-7-5-4-6-8-15/h4-8,11,16-18H,9-10,12-14H2,1-3H3/t16-,17+,18?,23?. The second kappa shape index (κ2) is 6.96. The lowest BCUT2D eigenvalue weighted by molar-refractivity contribution is 0.136. The van der Waals surface area contributed by atoms with Crippen molar-refractivity contribution in [1.82, 2.24) is 4.90 Å². The van der Waals surface area contributed by atoms with Crippen LogP contribution in [0.3, 0.4) is 0 Å². The first-order valence-electron chi connectivity index (χ1n) is 8.66. The smallest absolute Gasteiger partial charge is 0.144 e. The lowest BCUT2D eigenvalue weighted by atomic mass is 9.86. The van der Waals surface area contributed by atoms with E-state index in [4.69, 9.17) is 0 Å². The van der Waals surface area contributed by atoms with Crippen LogP contribution in [0.2, 0.25) is 0 Å². The lowest BCUT2D eigenvalue weighted by Gasteiger charge is -2.36. The zero-order valence-electron chi connectivity index (χ0n) is 14.4. The number of piperidine rings is 1. The zero-order valence-corrected chi connectivity index (χ0v) is 15.3. The van der Waals surface area contributed by atoms with Gasteiger partial charge in [-0.15, -0.1) is 0 Å². The Bertz CT molecular complexity index is 526. The van der Waals surface area contributed by atoms with Crippen LogP contribution in [0.1, 0.15) is 39.2 Å². The van der Waals surface area contributed by atoms with E-state index in [-0.39, 0.29) is 4.75 Å². The van der Waals surface area contributed by atoms with Crippen LogP contribution in [0.25, 0.3) is 0 Å². The molecule has 2 bridgehead atoms. The van der Waals surface area contributed by atoms with E-state index >= 15 is 0 Å². The molecule has 1 saturated carbocycles. The number of hydrogen-bond donors (Lipinski definition) is 0. The molecule has 1 heterocycles. The molecule has 4 atom stereocenters. The number of hydrogen-bond acceptors (Lipinski definition) is 3. The highest BCUT2D eigenvalue weighted by molar-refractivity contribution is 7.91. The third kappa shape index (κ3) is 4.17. The molecule has 1 aliphatic carbocycles. The minimum absolute atomic E-state index is 0.260. The quantitative estimate of drug-likeness (QED) is 0.623. The molecule has 3 rings (SSSR count). The monoisotopic (exact) mass is 332 g/mol. The Morgan fingerprint density at radius 2 is 1.78 bits per heavy atom. The Morgan fingerprint density at radius 1 is 1.17 bits per heavy atom. The molecule has 1 aromatic rings. The fourth-order valence-electron chi connectivity index (χ4n) is 3.86. The van der Waals surface area contributed by atoms with Gasteiger partial charge in [0, 0.05) is 25.6 Å². The molecule has 4 heteroatoms. The maximum absolute atomic E-state index is 12.1. The molecule has 1 aliphatic heterocycles. The van der Waals surface area contributed by atoms with E-state index in [1.54, 1.807) is 0 Å². The number of likely N-dealkylation sites (tertiary alicyclic amines) is 1. The third-order valence-corrected chi connectivity index (χ3v) is 6.44. The predicted octanol–water partition coefficient (Wildman–Crippen LogP) is 3.68. The fourth-order valence-corrected chi connectivity index (χ4v) is 4.43. The van der Waals surface area contributed by atoms with Crippen molar-refractivity contribution in [3.63, 3.8) is 0 Å². The van der Waals surface area contributed by atoms with E-state index in [1.807, 2.05) is 27.0 Å². The molecule has 126 valence electrons. The Hall–Kier alpha value is -0.840. The van der Waals surface area contributed by atoms with Gasteiger partial charge >= 0.3 is 0 Å². The SMILES string of the molecule is CC(C)(C)[S+]([O-])N=CC1[C@@H]2CC[C@H]1CN(Cc1ccccc1)C2. The van der Waals surface area contributed by atoms with Crippen LogP contribution in [0.5, 0.6) is 0 Å². The van der Waals surface area contributed by atoms with E-state index in [9.17, 15) is 4.55 Å². The first kappa shape index (κ1) is 17.0. The molecule has 23 heavy (non-hydrogen) atoms. The average molecular weight is 333 g/mol. The highest BCUT2D eigenvalue weighted by atomic mass is 32.2. The molecule has 1 saturated heterocycles. The first-order chi connectivity index (χ1) is 10.9. The zero-order chi connectivity index (χ0) is 16.4. The van der Waals surface area contributed by atoms with E-state index < -0.39 is 11.4 Å². The fraction of sp³-hybridized carbons (Fsp3) is 0.632. The van der Waals surface area contributed by atoms with Crippen molar-refractivity contribution in [2.24, 2.45) is 22.2 Å². The summed E-state index contributed by atoms with van der Waals surface area (Å²) in [5.74, 6) is 1.88. The number of nitrogens with zero attached hydrogens (tertiary/aromatic N) is 2. The molecule has 0 radical (unpaired) electrons. The Morgan fingerprint density at radius 3 is 2.35 bits per heavy atom. The minimum Gasteiger partial charge on any atom is -0.591 e. The second-order valence-corrected chi connectivity index (χ2v) is 9.90. The molecule has 0 N–H and O–H groups in total. The molecule has 1 aromatic carbocycles. The second-order valence-electron chi connectivity index (χ2n) is 7.97. The molecule has 2 fully saturated rings. The molecule has 2 aliphatic rings. The van der Waals surface area contributed by atoms with Crippen molar-refractivity contribution in [2.45, 2.75) is 44.9 Å². The molecular formula is C19H28N2OS. The highest BCUT2D eigenvalue weighted by Crippen LogP contribution is 2.41. The van der Waals surface area contributed by atoms with E-state index in [0.717, 1.165) is 19.6 Å². The van der Waals surface area contributed by atoms with Gasteiger partial charge in [0.25, 0.3) is 0 Å². The molecule has 0 spiro atoms. The number of rotatable bonds is 4. The van der Waals surface area contributed by atoms with Crippen LogP contribution < -0.4 is 0 Å². The van der Waals surface area contributed by atoms with Crippen molar-refractivity contribution < 1.29 is 4.55 Å². The van der Waals surface area contributed by atoms with Crippen LogP contribution >= 0.6 is 0 Å². The van der Waals surface area contributed by atoms with E-state index in [2.05, 4.69) is 39.6 Å². The van der Waals surface area contributed by atoms with Gasteiger partial charge in [0.15, 0.2) is 0 Å². The van der Waals surface area contributed by atoms with Gasteiger partial charge in [-0.05, 0) is 51.0 Å². The molecular weight excluding hydrogens is 304 g/mol. The van der Waals surface area contributed by atoms with Gasteiger partial charge in [-0.2, -0.15) is 0 Å². The Kier molecular flexibility index (Phi) is 5.14. The Balaban J connectivity index is 1.60. The summed E-state index contributed by atoms with van der Waals surface area (Å²) in [4.78, 5) is 2.59. The van der Waals surface area contributed by atoms with Crippen molar-refractivity contribution in [3.8, 4) is 0 Å². The summed E-state index contributed by atoms with van der Waals surface area (Å²) in [5.41, 5.74) is 1.40. The van der Waals surface area contributed by atoms with Crippen LogP contribution in [0.15, 0.2) is 34.7 Å². The number of benzene rings is 1. The highest BCUT2D eigenvalue weighted by Gasteiger charge is 2.41. The lowest BCUT2D eigenvalue weighted by Crippen LogP contribution is -2.42. The topological polar surface area (TPSA) is 38.7 Å². The summed E-state index contributed by atoms with van der Waals surface area (Å²) < 4.78 is 16.3. The largest absolute Gasteiger partial charge is 0.591 e. The third-order valence-electron chi connectivity index (χ3n) is 5.08. The van der Waals surface area contributed by atoms with Gasteiger partial charge < -0.3 is 4.55 Å². The first-order valence-corrected chi connectivity index (χ1v) is 9.76. The van der Waals surface area contributed by atoms with Gasteiger partial charge in [0.05, 0.1) is 6.21 Å².